The van der Waals surface area contributed by atoms with Gasteiger partial charge in [0.15, 0.2) is 12.4 Å². The predicted molar refractivity (Wildman–Crippen MR) is 116 cm³/mol. The molecule has 2 aromatic carbocycles. The molecule has 1 aromatic heterocycles. The van der Waals surface area contributed by atoms with E-state index in [1.807, 2.05) is 19.1 Å². The molecule has 32 heavy (non-hydrogen) atoms. The second kappa shape index (κ2) is 7.64. The van der Waals surface area contributed by atoms with Gasteiger partial charge in [0.1, 0.15) is 17.3 Å². The van der Waals surface area contributed by atoms with Crippen molar-refractivity contribution in [2.45, 2.75) is 13.1 Å². The van der Waals surface area contributed by atoms with E-state index in [-0.39, 0.29) is 23.8 Å². The van der Waals surface area contributed by atoms with Crippen molar-refractivity contribution in [3.8, 4) is 11.1 Å². The van der Waals surface area contributed by atoms with E-state index >= 15 is 0 Å². The summed E-state index contributed by atoms with van der Waals surface area (Å²) in [6.07, 6.45) is 4.54. The van der Waals surface area contributed by atoms with Crippen molar-refractivity contribution in [1.82, 2.24) is 10.3 Å². The number of H-pyrrole nitrogens is 1. The molecular formula is C24H19F2N3O3. The SMILES string of the molecule is CC1C=CC=C2OCC(NC(=O)c3cc4cccc(-c5cc(F)ccc5F)c4[nH]3)[N+]([O-])=C21. The van der Waals surface area contributed by atoms with Crippen LogP contribution in [-0.2, 0) is 4.74 Å². The van der Waals surface area contributed by atoms with E-state index in [9.17, 15) is 18.8 Å². The van der Waals surface area contributed by atoms with Gasteiger partial charge in [0.05, 0.1) is 11.4 Å². The lowest BCUT2D eigenvalue weighted by Crippen LogP contribution is -2.51. The maximum absolute atomic E-state index is 14.3. The normalized spacial score (nSPS) is 20.0. The standard InChI is InChI=1S/C24H19F2N3O3/c1-13-4-2-7-20-23(13)29(31)21(12-32-20)28-24(30)19-10-14-5-3-6-16(22(14)27-19)17-11-15(25)8-9-18(17)26/h2-11,13,21,27H,12H2,1H3,(H,28,30). The van der Waals surface area contributed by atoms with Gasteiger partial charge in [-0.2, -0.15) is 4.74 Å². The number of para-hydroxylation sites is 1. The molecule has 162 valence electrons. The van der Waals surface area contributed by atoms with Crippen LogP contribution < -0.4 is 5.32 Å². The summed E-state index contributed by atoms with van der Waals surface area (Å²) >= 11 is 0. The molecule has 1 aliphatic heterocycles. The average molecular weight is 435 g/mol. The fourth-order valence-electron chi connectivity index (χ4n) is 4.08. The zero-order valence-corrected chi connectivity index (χ0v) is 17.1. The van der Waals surface area contributed by atoms with Crippen molar-refractivity contribution in [3.05, 3.63) is 89.0 Å². The molecule has 8 heteroatoms. The molecule has 1 amide bonds. The van der Waals surface area contributed by atoms with Gasteiger partial charge in [-0.15, -0.1) is 0 Å². The quantitative estimate of drug-likeness (QED) is 0.477. The van der Waals surface area contributed by atoms with E-state index in [0.29, 0.717) is 27.9 Å². The van der Waals surface area contributed by atoms with E-state index in [1.165, 1.54) is 0 Å². The number of hydroxylamine groups is 1. The van der Waals surface area contributed by atoms with Crippen LogP contribution in [0.5, 0.6) is 0 Å². The van der Waals surface area contributed by atoms with Crippen LogP contribution >= 0.6 is 0 Å². The van der Waals surface area contributed by atoms with E-state index in [2.05, 4.69) is 10.3 Å². The Balaban J connectivity index is 1.47. The lowest BCUT2D eigenvalue weighted by molar-refractivity contribution is -0.518. The number of aromatic amines is 1. The minimum absolute atomic E-state index is 0.00507. The number of rotatable bonds is 3. The van der Waals surface area contributed by atoms with Crippen molar-refractivity contribution >= 4 is 22.5 Å². The Labute approximate surface area is 182 Å². The number of amides is 1. The summed E-state index contributed by atoms with van der Waals surface area (Å²) in [5, 5.41) is 16.2. The smallest absolute Gasteiger partial charge is 0.273 e. The number of allylic oxidation sites excluding steroid dienone is 4. The minimum atomic E-state index is -0.893. The number of halogens is 2. The number of hydrogen-bond acceptors (Lipinski definition) is 3. The number of ether oxygens (including phenoxy) is 1. The molecule has 0 spiro atoms. The van der Waals surface area contributed by atoms with E-state index < -0.39 is 23.7 Å². The number of carbonyl (C=O) groups excluding carboxylic acids is 1. The maximum Gasteiger partial charge on any atom is 0.273 e. The number of fused-ring (bicyclic) bond motifs is 2. The first-order valence-electron chi connectivity index (χ1n) is 10.2. The molecular weight excluding hydrogens is 416 g/mol. The number of benzene rings is 2. The Morgan fingerprint density at radius 1 is 1.22 bits per heavy atom. The molecule has 2 unspecified atom stereocenters. The average Bonchev–Trinajstić information content (AvgIpc) is 3.22. The van der Waals surface area contributed by atoms with Gasteiger partial charge >= 0.3 is 0 Å². The molecule has 0 saturated heterocycles. The second-order valence-electron chi connectivity index (χ2n) is 7.79. The first-order valence-corrected chi connectivity index (χ1v) is 10.2. The molecule has 5 rings (SSSR count). The molecule has 2 N–H and O–H groups in total. The van der Waals surface area contributed by atoms with Gasteiger partial charge in [-0.1, -0.05) is 30.4 Å². The zero-order valence-electron chi connectivity index (χ0n) is 17.1. The van der Waals surface area contributed by atoms with Gasteiger partial charge in [0.2, 0.25) is 5.71 Å². The number of carbonyl (C=O) groups is 1. The number of nitrogens with one attached hydrogen (secondary N) is 2. The first-order chi connectivity index (χ1) is 15.4. The zero-order chi connectivity index (χ0) is 22.4. The molecule has 2 heterocycles. The molecule has 1 aliphatic carbocycles. The summed E-state index contributed by atoms with van der Waals surface area (Å²) in [4.78, 5) is 15.9. The molecule has 2 atom stereocenters. The Kier molecular flexibility index (Phi) is 4.77. The minimum Gasteiger partial charge on any atom is -0.622 e. The summed E-state index contributed by atoms with van der Waals surface area (Å²) in [6, 6.07) is 9.94. The van der Waals surface area contributed by atoms with Crippen LogP contribution in [0.2, 0.25) is 0 Å². The third-order valence-corrected chi connectivity index (χ3v) is 5.67. The third kappa shape index (κ3) is 3.33. The van der Waals surface area contributed by atoms with Crippen LogP contribution in [0.4, 0.5) is 8.78 Å². The third-order valence-electron chi connectivity index (χ3n) is 5.67. The van der Waals surface area contributed by atoms with Crippen LogP contribution in [0.3, 0.4) is 0 Å². The Hall–Kier alpha value is -3.94. The summed E-state index contributed by atoms with van der Waals surface area (Å²) in [6.45, 7) is 1.88. The van der Waals surface area contributed by atoms with Gasteiger partial charge in [0.25, 0.3) is 12.1 Å². The lowest BCUT2D eigenvalue weighted by atomic mass is 9.98. The molecule has 0 fully saturated rings. The first kappa shape index (κ1) is 20.0. The summed E-state index contributed by atoms with van der Waals surface area (Å²) < 4.78 is 34.5. The second-order valence-corrected chi connectivity index (χ2v) is 7.79. The van der Waals surface area contributed by atoms with Gasteiger partial charge in [-0.05, 0) is 37.3 Å². The van der Waals surface area contributed by atoms with Crippen LogP contribution in [0, 0.1) is 22.8 Å². The van der Waals surface area contributed by atoms with Crippen LogP contribution in [0.25, 0.3) is 22.0 Å². The van der Waals surface area contributed by atoms with Crippen molar-refractivity contribution in [2.75, 3.05) is 6.61 Å². The summed E-state index contributed by atoms with van der Waals surface area (Å²) in [5.41, 5.74) is 1.67. The Bertz CT molecular complexity index is 1340. The van der Waals surface area contributed by atoms with E-state index in [0.717, 1.165) is 22.9 Å². The van der Waals surface area contributed by atoms with E-state index in [1.54, 1.807) is 30.3 Å². The highest BCUT2D eigenvalue weighted by Crippen LogP contribution is 2.31. The molecule has 0 bridgehead atoms. The van der Waals surface area contributed by atoms with E-state index in [4.69, 9.17) is 4.74 Å². The van der Waals surface area contributed by atoms with Gasteiger partial charge < -0.3 is 14.9 Å². The molecule has 6 nitrogen and oxygen atoms in total. The maximum atomic E-state index is 14.3. The topological polar surface area (TPSA) is 80.2 Å². The molecule has 2 aliphatic rings. The molecule has 0 radical (unpaired) electrons. The van der Waals surface area contributed by atoms with Gasteiger partial charge in [-0.3, -0.25) is 10.1 Å². The highest BCUT2D eigenvalue weighted by Gasteiger charge is 2.36. The highest BCUT2D eigenvalue weighted by atomic mass is 19.1. The number of aromatic nitrogens is 1. The summed E-state index contributed by atoms with van der Waals surface area (Å²) in [5.74, 6) is -1.27. The summed E-state index contributed by atoms with van der Waals surface area (Å²) in [7, 11) is 0. The van der Waals surface area contributed by atoms with Crippen molar-refractivity contribution in [3.63, 3.8) is 0 Å². The van der Waals surface area contributed by atoms with Crippen LogP contribution in [0.1, 0.15) is 17.4 Å². The van der Waals surface area contributed by atoms with Crippen molar-refractivity contribution in [2.24, 2.45) is 5.92 Å². The van der Waals surface area contributed by atoms with Crippen molar-refractivity contribution in [1.29, 1.82) is 0 Å². The largest absolute Gasteiger partial charge is 0.622 e. The van der Waals surface area contributed by atoms with Crippen molar-refractivity contribution < 1.29 is 23.1 Å². The monoisotopic (exact) mass is 435 g/mol. The fraction of sp³-hybridized carbons (Fsp3) is 0.167. The fourth-order valence-corrected chi connectivity index (χ4v) is 4.08. The van der Waals surface area contributed by atoms with Crippen LogP contribution in [-0.4, -0.2) is 34.1 Å². The van der Waals surface area contributed by atoms with Crippen LogP contribution in [0.15, 0.2) is 66.5 Å². The number of nitrogens with zero attached hydrogens (tertiary/aromatic N) is 1. The molecule has 3 aromatic rings. The lowest BCUT2D eigenvalue weighted by Gasteiger charge is -2.29. The Morgan fingerprint density at radius 3 is 2.91 bits per heavy atom. The molecule has 0 saturated carbocycles. The van der Waals surface area contributed by atoms with Gasteiger partial charge in [-0.25, -0.2) is 8.78 Å². The highest BCUT2D eigenvalue weighted by molar-refractivity contribution is 6.02. The Morgan fingerprint density at radius 2 is 2.06 bits per heavy atom. The predicted octanol–water partition coefficient (Wildman–Crippen LogP) is 4.24. The van der Waals surface area contributed by atoms with Gasteiger partial charge in [0, 0.05) is 16.5 Å². The number of hydrogen-bond donors (Lipinski definition) is 2.